The number of ether oxygens (including phenoxy) is 1. The summed E-state index contributed by atoms with van der Waals surface area (Å²) in [6.07, 6.45) is 1.14. The molecule has 0 bridgehead atoms. The quantitative estimate of drug-likeness (QED) is 0.863. The van der Waals surface area contributed by atoms with Crippen LogP contribution in [0.3, 0.4) is 0 Å². The maximum atomic E-state index is 12.6. The first-order valence-corrected chi connectivity index (χ1v) is 7.47. The number of Topliss-reactive ketones (excluding diaryl/α,β-unsaturated/α-hetero) is 1. The molecule has 0 radical (unpaired) electrons. The Bertz CT molecular complexity index is 818. The van der Waals surface area contributed by atoms with Gasteiger partial charge in [-0.2, -0.15) is 0 Å². The van der Waals surface area contributed by atoms with Crippen LogP contribution in [-0.4, -0.2) is 17.0 Å². The van der Waals surface area contributed by atoms with Crippen molar-refractivity contribution in [1.82, 2.24) is 0 Å². The van der Waals surface area contributed by atoms with Crippen molar-refractivity contribution < 1.29 is 19.1 Å². The standard InChI is InChI=1S/C17H18O5/c1-4-5-10-6-13(19)22-17-14(10)11(18)7-12-15(17)16(20)8(2)9(3)21-12/h6-9,18H,4-5H2,1-3H3/t8-,9?/m1/s1. The number of phenols is 1. The van der Waals surface area contributed by atoms with E-state index in [2.05, 4.69) is 0 Å². The molecule has 1 aliphatic heterocycles. The fourth-order valence-corrected chi connectivity index (χ4v) is 2.91. The molecule has 1 N–H and O–H groups in total. The first-order valence-electron chi connectivity index (χ1n) is 7.47. The highest BCUT2D eigenvalue weighted by Crippen LogP contribution is 2.41. The zero-order valence-electron chi connectivity index (χ0n) is 12.8. The van der Waals surface area contributed by atoms with Gasteiger partial charge in [-0.1, -0.05) is 20.3 Å². The van der Waals surface area contributed by atoms with E-state index >= 15 is 0 Å². The van der Waals surface area contributed by atoms with E-state index in [0.717, 1.165) is 6.42 Å². The van der Waals surface area contributed by atoms with Gasteiger partial charge in [0.25, 0.3) is 0 Å². The molecule has 22 heavy (non-hydrogen) atoms. The number of carbonyl (C=O) groups is 1. The van der Waals surface area contributed by atoms with Gasteiger partial charge in [-0.15, -0.1) is 0 Å². The summed E-state index contributed by atoms with van der Waals surface area (Å²) in [4.78, 5) is 24.4. The molecule has 0 aliphatic carbocycles. The molecule has 0 saturated carbocycles. The van der Waals surface area contributed by atoms with Crippen molar-refractivity contribution in [3.63, 3.8) is 0 Å². The molecule has 5 nitrogen and oxygen atoms in total. The van der Waals surface area contributed by atoms with Crippen LogP contribution in [0.2, 0.25) is 0 Å². The van der Waals surface area contributed by atoms with Crippen LogP contribution < -0.4 is 10.4 Å². The molecule has 0 spiro atoms. The highest BCUT2D eigenvalue weighted by atomic mass is 16.5. The summed E-state index contributed by atoms with van der Waals surface area (Å²) < 4.78 is 11.0. The number of aromatic hydroxyl groups is 1. The topological polar surface area (TPSA) is 76.7 Å². The van der Waals surface area contributed by atoms with Crippen LogP contribution in [0.25, 0.3) is 11.0 Å². The second-order valence-corrected chi connectivity index (χ2v) is 5.79. The maximum Gasteiger partial charge on any atom is 0.336 e. The van der Waals surface area contributed by atoms with E-state index in [0.29, 0.717) is 17.4 Å². The van der Waals surface area contributed by atoms with Gasteiger partial charge < -0.3 is 14.3 Å². The Balaban J connectivity index is 2.41. The molecule has 2 atom stereocenters. The largest absolute Gasteiger partial charge is 0.507 e. The predicted octanol–water partition coefficient (Wildman–Crippen LogP) is 3.05. The summed E-state index contributed by atoms with van der Waals surface area (Å²) in [7, 11) is 0. The molecule has 0 fully saturated rings. The smallest absolute Gasteiger partial charge is 0.336 e. The van der Waals surface area contributed by atoms with E-state index < -0.39 is 5.63 Å². The summed E-state index contributed by atoms with van der Waals surface area (Å²) in [6.45, 7) is 5.56. The van der Waals surface area contributed by atoms with Gasteiger partial charge in [0.2, 0.25) is 0 Å². The van der Waals surface area contributed by atoms with Crippen LogP contribution in [0.15, 0.2) is 21.3 Å². The van der Waals surface area contributed by atoms with E-state index in [-0.39, 0.29) is 40.5 Å². The Morgan fingerprint density at radius 1 is 1.23 bits per heavy atom. The summed E-state index contributed by atoms with van der Waals surface area (Å²) >= 11 is 0. The first kappa shape index (κ1) is 14.6. The lowest BCUT2D eigenvalue weighted by molar-refractivity contribution is 0.0731. The van der Waals surface area contributed by atoms with Crippen molar-refractivity contribution in [3.05, 3.63) is 33.7 Å². The maximum absolute atomic E-state index is 12.6. The van der Waals surface area contributed by atoms with Crippen molar-refractivity contribution in [2.45, 2.75) is 39.7 Å². The molecule has 1 aromatic heterocycles. The number of hydrogen-bond donors (Lipinski definition) is 1. The molecule has 2 heterocycles. The lowest BCUT2D eigenvalue weighted by Gasteiger charge is -2.28. The van der Waals surface area contributed by atoms with Crippen LogP contribution >= 0.6 is 0 Å². The number of ketones is 1. The van der Waals surface area contributed by atoms with Crippen molar-refractivity contribution in [3.8, 4) is 11.5 Å². The normalized spacial score (nSPS) is 20.8. The van der Waals surface area contributed by atoms with Gasteiger partial charge in [0, 0.05) is 12.1 Å². The zero-order chi connectivity index (χ0) is 16.0. The van der Waals surface area contributed by atoms with Crippen molar-refractivity contribution >= 4 is 16.8 Å². The molecule has 116 valence electrons. The van der Waals surface area contributed by atoms with Crippen molar-refractivity contribution in [2.75, 3.05) is 0 Å². The minimum absolute atomic E-state index is 0.0319. The van der Waals surface area contributed by atoms with Crippen molar-refractivity contribution in [2.24, 2.45) is 5.92 Å². The summed E-state index contributed by atoms with van der Waals surface area (Å²) in [5, 5.41) is 10.7. The van der Waals surface area contributed by atoms with Gasteiger partial charge in [0.15, 0.2) is 11.4 Å². The average Bonchev–Trinajstić information content (AvgIpc) is 2.44. The molecular formula is C17H18O5. The lowest BCUT2D eigenvalue weighted by Crippen LogP contribution is -2.33. The molecular weight excluding hydrogens is 284 g/mol. The Hall–Kier alpha value is -2.30. The highest BCUT2D eigenvalue weighted by molar-refractivity contribution is 6.12. The SMILES string of the molecule is CCCc1cc(=O)oc2c3c(cc(O)c12)OC(C)[C@@H](C)C3=O. The number of hydrogen-bond acceptors (Lipinski definition) is 5. The van der Waals surface area contributed by atoms with Crippen LogP contribution in [-0.2, 0) is 6.42 Å². The third-order valence-electron chi connectivity index (χ3n) is 4.24. The molecule has 5 heteroatoms. The summed E-state index contributed by atoms with van der Waals surface area (Å²) in [5.74, 6) is -0.219. The van der Waals surface area contributed by atoms with Gasteiger partial charge in [0.05, 0.1) is 11.3 Å². The van der Waals surface area contributed by atoms with Gasteiger partial charge in [0.1, 0.15) is 23.2 Å². The van der Waals surface area contributed by atoms with E-state index in [4.69, 9.17) is 9.15 Å². The number of aryl methyl sites for hydroxylation is 1. The Kier molecular flexibility index (Phi) is 3.43. The first-order chi connectivity index (χ1) is 10.4. The van der Waals surface area contributed by atoms with Crippen LogP contribution in [0.5, 0.6) is 11.5 Å². The summed E-state index contributed by atoms with van der Waals surface area (Å²) in [6, 6.07) is 2.81. The number of fused-ring (bicyclic) bond motifs is 3. The third-order valence-corrected chi connectivity index (χ3v) is 4.24. The molecule has 1 aliphatic rings. The van der Waals surface area contributed by atoms with E-state index in [9.17, 15) is 14.7 Å². The molecule has 2 aromatic rings. The second kappa shape index (κ2) is 5.16. The second-order valence-electron chi connectivity index (χ2n) is 5.79. The molecule has 1 unspecified atom stereocenters. The van der Waals surface area contributed by atoms with Gasteiger partial charge in [-0.3, -0.25) is 4.79 Å². The van der Waals surface area contributed by atoms with Gasteiger partial charge in [-0.25, -0.2) is 4.79 Å². The van der Waals surface area contributed by atoms with Gasteiger partial charge in [-0.05, 0) is 18.9 Å². The van der Waals surface area contributed by atoms with Crippen LogP contribution in [0.1, 0.15) is 43.1 Å². The minimum atomic E-state index is -0.525. The van der Waals surface area contributed by atoms with Crippen LogP contribution in [0, 0.1) is 5.92 Å². The number of carbonyl (C=O) groups excluding carboxylic acids is 1. The zero-order valence-corrected chi connectivity index (χ0v) is 12.8. The Morgan fingerprint density at radius 3 is 2.64 bits per heavy atom. The van der Waals surface area contributed by atoms with Gasteiger partial charge >= 0.3 is 5.63 Å². The summed E-state index contributed by atoms with van der Waals surface area (Å²) in [5.41, 5.74) is 0.555. The fraction of sp³-hybridized carbons (Fsp3) is 0.412. The number of phenolic OH excluding ortho intramolecular Hbond substituents is 1. The minimum Gasteiger partial charge on any atom is -0.507 e. The molecule has 0 saturated heterocycles. The molecule has 1 aromatic carbocycles. The van der Waals surface area contributed by atoms with Crippen molar-refractivity contribution in [1.29, 1.82) is 0 Å². The van der Waals surface area contributed by atoms with E-state index in [1.165, 1.54) is 12.1 Å². The Morgan fingerprint density at radius 2 is 1.95 bits per heavy atom. The monoisotopic (exact) mass is 302 g/mol. The number of rotatable bonds is 2. The Labute approximate surface area is 127 Å². The van der Waals surface area contributed by atoms with E-state index in [1.54, 1.807) is 13.8 Å². The lowest BCUT2D eigenvalue weighted by atomic mass is 9.89. The average molecular weight is 302 g/mol. The predicted molar refractivity (Wildman–Crippen MR) is 81.7 cm³/mol. The molecule has 0 amide bonds. The highest BCUT2D eigenvalue weighted by Gasteiger charge is 2.35. The van der Waals surface area contributed by atoms with E-state index in [1.807, 2.05) is 6.92 Å². The third kappa shape index (κ3) is 2.08. The molecule has 3 rings (SSSR count). The number of benzene rings is 1. The fourth-order valence-electron chi connectivity index (χ4n) is 2.91. The van der Waals surface area contributed by atoms with Crippen LogP contribution in [0.4, 0.5) is 0 Å².